The molecule has 0 aromatic heterocycles. The summed E-state index contributed by atoms with van der Waals surface area (Å²) in [6, 6.07) is 0. The molecule has 0 aliphatic carbocycles. The molecule has 0 radical (unpaired) electrons. The second-order valence-electron chi connectivity index (χ2n) is 5.64. The van der Waals surface area contributed by atoms with Crippen molar-refractivity contribution in [2.75, 3.05) is 39.8 Å². The van der Waals surface area contributed by atoms with E-state index in [2.05, 4.69) is 22.6 Å². The van der Waals surface area contributed by atoms with Crippen LogP contribution in [0.4, 0.5) is 0 Å². The third-order valence-corrected chi connectivity index (χ3v) is 3.95. The first-order valence-corrected chi connectivity index (χ1v) is 6.90. The molecule has 2 heterocycles. The highest BCUT2D eigenvalue weighted by Crippen LogP contribution is 2.18. The van der Waals surface area contributed by atoms with Crippen LogP contribution in [-0.4, -0.2) is 50.6 Å². The normalized spacial score (nSPS) is 30.4. The molecule has 1 amide bonds. The highest BCUT2D eigenvalue weighted by atomic mass is 16.1. The van der Waals surface area contributed by atoms with E-state index < -0.39 is 0 Å². The fraction of sp³-hybridized carbons (Fsp3) is 0.923. The van der Waals surface area contributed by atoms with Crippen LogP contribution in [0.2, 0.25) is 0 Å². The Balaban J connectivity index is 1.62. The standard InChI is InChI=1S/C13H25N3O/c1-16-6-2-3-11(10-16)7-13(17)15-9-12-4-5-14-8-12/h11-12,14H,2-10H2,1H3,(H,15,17). The molecule has 0 aromatic carbocycles. The van der Waals surface area contributed by atoms with Crippen molar-refractivity contribution in [1.29, 1.82) is 0 Å². The maximum atomic E-state index is 11.8. The summed E-state index contributed by atoms with van der Waals surface area (Å²) in [4.78, 5) is 14.2. The van der Waals surface area contributed by atoms with E-state index in [-0.39, 0.29) is 5.91 Å². The van der Waals surface area contributed by atoms with Crippen molar-refractivity contribution in [2.24, 2.45) is 11.8 Å². The van der Waals surface area contributed by atoms with E-state index in [0.717, 1.165) is 26.2 Å². The molecule has 0 aromatic rings. The summed E-state index contributed by atoms with van der Waals surface area (Å²) >= 11 is 0. The van der Waals surface area contributed by atoms with E-state index in [1.807, 2.05) is 0 Å². The average Bonchev–Trinajstić information content (AvgIpc) is 2.79. The van der Waals surface area contributed by atoms with Gasteiger partial charge < -0.3 is 15.5 Å². The predicted molar refractivity (Wildman–Crippen MR) is 68.8 cm³/mol. The Morgan fingerprint density at radius 1 is 1.41 bits per heavy atom. The topological polar surface area (TPSA) is 44.4 Å². The van der Waals surface area contributed by atoms with Crippen LogP contribution in [0.15, 0.2) is 0 Å². The van der Waals surface area contributed by atoms with Gasteiger partial charge in [0.05, 0.1) is 0 Å². The quantitative estimate of drug-likeness (QED) is 0.748. The molecule has 2 aliphatic rings. The van der Waals surface area contributed by atoms with Crippen molar-refractivity contribution in [3.63, 3.8) is 0 Å². The van der Waals surface area contributed by atoms with E-state index in [1.165, 1.54) is 25.8 Å². The van der Waals surface area contributed by atoms with Gasteiger partial charge in [-0.1, -0.05) is 0 Å². The van der Waals surface area contributed by atoms with Crippen molar-refractivity contribution in [1.82, 2.24) is 15.5 Å². The number of piperidine rings is 1. The lowest BCUT2D eigenvalue weighted by Crippen LogP contribution is -2.36. The van der Waals surface area contributed by atoms with Crippen LogP contribution in [0.1, 0.15) is 25.7 Å². The van der Waals surface area contributed by atoms with Crippen molar-refractivity contribution in [3.05, 3.63) is 0 Å². The van der Waals surface area contributed by atoms with Crippen molar-refractivity contribution >= 4 is 5.91 Å². The molecule has 2 N–H and O–H groups in total. The van der Waals surface area contributed by atoms with Gasteiger partial charge in [-0.05, 0) is 57.8 Å². The summed E-state index contributed by atoms with van der Waals surface area (Å²) in [6.07, 6.45) is 4.36. The van der Waals surface area contributed by atoms with E-state index in [1.54, 1.807) is 0 Å². The second kappa shape index (κ2) is 6.36. The molecular formula is C13H25N3O. The fourth-order valence-corrected chi connectivity index (χ4v) is 2.92. The third-order valence-electron chi connectivity index (χ3n) is 3.95. The number of amides is 1. The molecule has 17 heavy (non-hydrogen) atoms. The zero-order valence-corrected chi connectivity index (χ0v) is 10.9. The van der Waals surface area contributed by atoms with Crippen LogP contribution in [0.3, 0.4) is 0 Å². The van der Waals surface area contributed by atoms with Gasteiger partial charge in [0.1, 0.15) is 0 Å². The predicted octanol–water partition coefficient (Wildman–Crippen LogP) is 0.444. The summed E-state index contributed by atoms with van der Waals surface area (Å²) in [6.45, 7) is 5.29. The summed E-state index contributed by atoms with van der Waals surface area (Å²) in [5, 5.41) is 6.41. The smallest absolute Gasteiger partial charge is 0.220 e. The fourth-order valence-electron chi connectivity index (χ4n) is 2.92. The molecule has 0 spiro atoms. The highest BCUT2D eigenvalue weighted by Gasteiger charge is 2.21. The first-order chi connectivity index (χ1) is 8.24. The molecule has 2 atom stereocenters. The van der Waals surface area contributed by atoms with Gasteiger partial charge in [-0.15, -0.1) is 0 Å². The molecular weight excluding hydrogens is 214 g/mol. The Hall–Kier alpha value is -0.610. The lowest BCUT2D eigenvalue weighted by atomic mass is 9.95. The summed E-state index contributed by atoms with van der Waals surface area (Å²) < 4.78 is 0. The van der Waals surface area contributed by atoms with Gasteiger partial charge in [0.15, 0.2) is 0 Å². The van der Waals surface area contributed by atoms with Gasteiger partial charge in [0.25, 0.3) is 0 Å². The zero-order valence-electron chi connectivity index (χ0n) is 10.9. The van der Waals surface area contributed by atoms with Crippen LogP contribution >= 0.6 is 0 Å². The monoisotopic (exact) mass is 239 g/mol. The number of carbonyl (C=O) groups excluding carboxylic acids is 1. The van der Waals surface area contributed by atoms with E-state index in [0.29, 0.717) is 18.3 Å². The number of carbonyl (C=O) groups is 1. The van der Waals surface area contributed by atoms with E-state index in [4.69, 9.17) is 0 Å². The zero-order chi connectivity index (χ0) is 12.1. The molecule has 4 heteroatoms. The number of hydrogen-bond acceptors (Lipinski definition) is 3. The first-order valence-electron chi connectivity index (χ1n) is 6.90. The average molecular weight is 239 g/mol. The van der Waals surface area contributed by atoms with Crippen LogP contribution in [0.25, 0.3) is 0 Å². The SMILES string of the molecule is CN1CCCC(CC(=O)NCC2CCNC2)C1. The van der Waals surface area contributed by atoms with Gasteiger partial charge in [0, 0.05) is 19.5 Å². The number of nitrogens with one attached hydrogen (secondary N) is 2. The Morgan fingerprint density at radius 3 is 3.00 bits per heavy atom. The molecule has 2 fully saturated rings. The van der Waals surface area contributed by atoms with Gasteiger partial charge in [0.2, 0.25) is 5.91 Å². The largest absolute Gasteiger partial charge is 0.356 e. The molecule has 2 aliphatic heterocycles. The van der Waals surface area contributed by atoms with Gasteiger partial charge in [-0.2, -0.15) is 0 Å². The molecule has 98 valence electrons. The number of rotatable bonds is 4. The summed E-state index contributed by atoms with van der Waals surface area (Å²) in [5.41, 5.74) is 0. The summed E-state index contributed by atoms with van der Waals surface area (Å²) in [5.74, 6) is 1.46. The third kappa shape index (κ3) is 4.28. The van der Waals surface area contributed by atoms with Crippen LogP contribution in [0, 0.1) is 11.8 Å². The van der Waals surface area contributed by atoms with Crippen LogP contribution in [0.5, 0.6) is 0 Å². The van der Waals surface area contributed by atoms with Crippen LogP contribution < -0.4 is 10.6 Å². The molecule has 2 rings (SSSR count). The molecule has 2 unspecified atom stereocenters. The Morgan fingerprint density at radius 2 is 2.29 bits per heavy atom. The van der Waals surface area contributed by atoms with E-state index >= 15 is 0 Å². The maximum Gasteiger partial charge on any atom is 0.220 e. The van der Waals surface area contributed by atoms with Crippen LogP contribution in [-0.2, 0) is 4.79 Å². The Kier molecular flexibility index (Phi) is 4.80. The second-order valence-corrected chi connectivity index (χ2v) is 5.64. The minimum atomic E-state index is 0.247. The minimum Gasteiger partial charge on any atom is -0.356 e. The first kappa shape index (κ1) is 12.8. The van der Waals surface area contributed by atoms with Crippen molar-refractivity contribution in [3.8, 4) is 0 Å². The Bertz CT molecular complexity index is 251. The highest BCUT2D eigenvalue weighted by molar-refractivity contribution is 5.76. The molecule has 0 bridgehead atoms. The van der Waals surface area contributed by atoms with E-state index in [9.17, 15) is 4.79 Å². The Labute approximate surface area is 104 Å². The van der Waals surface area contributed by atoms with Gasteiger partial charge >= 0.3 is 0 Å². The lowest BCUT2D eigenvalue weighted by molar-refractivity contribution is -0.122. The maximum absolute atomic E-state index is 11.8. The molecule has 4 nitrogen and oxygen atoms in total. The number of likely N-dealkylation sites (tertiary alicyclic amines) is 1. The number of nitrogens with zero attached hydrogens (tertiary/aromatic N) is 1. The molecule has 0 saturated carbocycles. The van der Waals surface area contributed by atoms with Gasteiger partial charge in [-0.3, -0.25) is 4.79 Å². The molecule has 2 saturated heterocycles. The van der Waals surface area contributed by atoms with Crippen molar-refractivity contribution in [2.45, 2.75) is 25.7 Å². The van der Waals surface area contributed by atoms with Gasteiger partial charge in [-0.25, -0.2) is 0 Å². The lowest BCUT2D eigenvalue weighted by Gasteiger charge is -2.29. The minimum absolute atomic E-state index is 0.247. The van der Waals surface area contributed by atoms with Crippen molar-refractivity contribution < 1.29 is 4.79 Å². The number of hydrogen-bond donors (Lipinski definition) is 2. The summed E-state index contributed by atoms with van der Waals surface area (Å²) in [7, 11) is 2.15.